The van der Waals surface area contributed by atoms with Crippen molar-refractivity contribution in [3.05, 3.63) is 119 Å². The largest absolute Gasteiger partial charge is 0.294 e. The van der Waals surface area contributed by atoms with Crippen molar-refractivity contribution in [2.24, 2.45) is 0 Å². The van der Waals surface area contributed by atoms with Crippen LogP contribution in [0.4, 0.5) is 0 Å². The van der Waals surface area contributed by atoms with E-state index in [1.165, 1.54) is 26.9 Å². The standard InChI is InChI=1S/C16H12O.C14H9Br/c1-11(17)16-10-12-6-2-3-7-13(12)14-8-4-5-9-15(14)16;15-14-9-10-5-1-2-6-11(10)12-7-3-4-8-13(12)14/h2-10H,1H3;1-9H. The zero-order valence-electron chi connectivity index (χ0n) is 17.7. The highest BCUT2D eigenvalue weighted by atomic mass is 79.9. The van der Waals surface area contributed by atoms with E-state index in [0.29, 0.717) is 0 Å². The number of rotatable bonds is 1. The van der Waals surface area contributed by atoms with Crippen molar-refractivity contribution in [3.8, 4) is 0 Å². The van der Waals surface area contributed by atoms with Crippen LogP contribution in [0.1, 0.15) is 17.3 Å². The minimum atomic E-state index is 0.118. The molecule has 0 amide bonds. The number of carbonyl (C=O) groups is 1. The summed E-state index contributed by atoms with van der Waals surface area (Å²) in [4.78, 5) is 11.7. The van der Waals surface area contributed by atoms with Crippen LogP contribution >= 0.6 is 15.9 Å². The molecule has 6 aromatic rings. The summed E-state index contributed by atoms with van der Waals surface area (Å²) in [6.07, 6.45) is 0. The van der Waals surface area contributed by atoms with Crippen LogP contribution in [0.25, 0.3) is 43.1 Å². The number of Topliss-reactive ketones (excluding diaryl/α,β-unsaturated/α-hetero) is 1. The van der Waals surface area contributed by atoms with Crippen molar-refractivity contribution >= 4 is 64.8 Å². The topological polar surface area (TPSA) is 17.1 Å². The maximum atomic E-state index is 11.7. The lowest BCUT2D eigenvalue weighted by Crippen LogP contribution is -1.94. The molecule has 0 unspecified atom stereocenters. The Morgan fingerprint density at radius 1 is 0.531 bits per heavy atom. The smallest absolute Gasteiger partial charge is 0.160 e. The van der Waals surface area contributed by atoms with Gasteiger partial charge < -0.3 is 0 Å². The molecule has 154 valence electrons. The number of ketones is 1. The normalized spacial score (nSPS) is 10.9. The molecule has 0 saturated heterocycles. The first-order valence-electron chi connectivity index (χ1n) is 10.6. The predicted octanol–water partition coefficient (Wildman–Crippen LogP) is 8.95. The second-order valence-electron chi connectivity index (χ2n) is 7.87. The minimum absolute atomic E-state index is 0.118. The summed E-state index contributed by atoms with van der Waals surface area (Å²) >= 11 is 3.62. The quantitative estimate of drug-likeness (QED) is 0.171. The molecule has 6 aromatic carbocycles. The molecule has 32 heavy (non-hydrogen) atoms. The average Bonchev–Trinajstić information content (AvgIpc) is 2.84. The Balaban J connectivity index is 0.000000136. The molecule has 0 aliphatic rings. The van der Waals surface area contributed by atoms with Gasteiger partial charge in [0.05, 0.1) is 0 Å². The second-order valence-corrected chi connectivity index (χ2v) is 8.73. The van der Waals surface area contributed by atoms with Gasteiger partial charge in [0.1, 0.15) is 0 Å². The summed E-state index contributed by atoms with van der Waals surface area (Å²) in [5, 5.41) is 9.69. The highest BCUT2D eigenvalue weighted by molar-refractivity contribution is 9.10. The summed E-state index contributed by atoms with van der Waals surface area (Å²) in [6, 6.07) is 37.4. The Kier molecular flexibility index (Phi) is 5.46. The summed E-state index contributed by atoms with van der Waals surface area (Å²) < 4.78 is 1.16. The number of halogens is 1. The van der Waals surface area contributed by atoms with Crippen LogP contribution in [0.3, 0.4) is 0 Å². The Morgan fingerprint density at radius 3 is 1.50 bits per heavy atom. The number of benzene rings is 6. The van der Waals surface area contributed by atoms with Crippen molar-refractivity contribution in [3.63, 3.8) is 0 Å². The summed E-state index contributed by atoms with van der Waals surface area (Å²) in [7, 11) is 0. The van der Waals surface area contributed by atoms with Gasteiger partial charge in [0, 0.05) is 10.0 Å². The van der Waals surface area contributed by atoms with E-state index >= 15 is 0 Å². The fourth-order valence-corrected chi connectivity index (χ4v) is 4.95. The predicted molar refractivity (Wildman–Crippen MR) is 141 cm³/mol. The first-order chi connectivity index (χ1) is 15.6. The molecule has 0 aromatic heterocycles. The van der Waals surface area contributed by atoms with Crippen molar-refractivity contribution in [1.82, 2.24) is 0 Å². The van der Waals surface area contributed by atoms with Crippen molar-refractivity contribution in [2.75, 3.05) is 0 Å². The fraction of sp³-hybridized carbons (Fsp3) is 0.0333. The van der Waals surface area contributed by atoms with Gasteiger partial charge in [-0.25, -0.2) is 0 Å². The molecule has 1 nitrogen and oxygen atoms in total. The summed E-state index contributed by atoms with van der Waals surface area (Å²) in [5.41, 5.74) is 0.805. The van der Waals surface area contributed by atoms with Gasteiger partial charge >= 0.3 is 0 Å². The Bertz CT molecular complexity index is 1610. The van der Waals surface area contributed by atoms with Gasteiger partial charge in [-0.1, -0.05) is 113 Å². The molecule has 2 heteroatoms. The third kappa shape index (κ3) is 3.68. The van der Waals surface area contributed by atoms with E-state index < -0.39 is 0 Å². The van der Waals surface area contributed by atoms with E-state index in [1.54, 1.807) is 6.92 Å². The van der Waals surface area contributed by atoms with E-state index in [-0.39, 0.29) is 5.78 Å². The van der Waals surface area contributed by atoms with E-state index in [9.17, 15) is 4.79 Å². The number of hydrogen-bond acceptors (Lipinski definition) is 1. The third-order valence-electron chi connectivity index (χ3n) is 5.86. The maximum Gasteiger partial charge on any atom is 0.160 e. The van der Waals surface area contributed by atoms with Crippen molar-refractivity contribution < 1.29 is 4.79 Å². The molecule has 0 bridgehead atoms. The van der Waals surface area contributed by atoms with Crippen LogP contribution < -0.4 is 0 Å². The molecule has 0 spiro atoms. The highest BCUT2D eigenvalue weighted by Gasteiger charge is 2.08. The van der Waals surface area contributed by atoms with Gasteiger partial charge in [-0.2, -0.15) is 0 Å². The number of hydrogen-bond donors (Lipinski definition) is 0. The lowest BCUT2D eigenvalue weighted by Gasteiger charge is -2.07. The van der Waals surface area contributed by atoms with Crippen LogP contribution in [0.2, 0.25) is 0 Å². The van der Waals surface area contributed by atoms with Crippen LogP contribution in [-0.4, -0.2) is 5.78 Å². The Morgan fingerprint density at radius 2 is 0.938 bits per heavy atom. The highest BCUT2D eigenvalue weighted by Crippen LogP contribution is 2.31. The SMILES string of the molecule is Brc1cc2ccccc2c2ccccc12.CC(=O)c1cc2ccccc2c2ccccc12. The van der Waals surface area contributed by atoms with E-state index in [4.69, 9.17) is 0 Å². The van der Waals surface area contributed by atoms with Crippen molar-refractivity contribution in [2.45, 2.75) is 6.92 Å². The average molecular weight is 477 g/mol. The van der Waals surface area contributed by atoms with Gasteiger partial charge in [-0.3, -0.25) is 4.79 Å². The van der Waals surface area contributed by atoms with Gasteiger partial charge in [0.25, 0.3) is 0 Å². The van der Waals surface area contributed by atoms with Gasteiger partial charge in [-0.15, -0.1) is 0 Å². The first-order valence-corrected chi connectivity index (χ1v) is 11.4. The molecule has 0 aliphatic heterocycles. The van der Waals surface area contributed by atoms with Crippen LogP contribution in [-0.2, 0) is 0 Å². The Hall–Kier alpha value is -3.49. The molecule has 6 rings (SSSR count). The van der Waals surface area contributed by atoms with E-state index in [2.05, 4.69) is 82.7 Å². The van der Waals surface area contributed by atoms with E-state index in [0.717, 1.165) is 26.2 Å². The second kappa shape index (κ2) is 8.57. The van der Waals surface area contributed by atoms with E-state index in [1.807, 2.05) is 42.5 Å². The molecule has 0 heterocycles. The van der Waals surface area contributed by atoms with Gasteiger partial charge in [-0.05, 0) is 62.1 Å². The van der Waals surface area contributed by atoms with Crippen LogP contribution in [0.15, 0.2) is 114 Å². The zero-order valence-corrected chi connectivity index (χ0v) is 19.3. The number of carbonyl (C=O) groups excluding carboxylic acids is 1. The van der Waals surface area contributed by atoms with Crippen LogP contribution in [0.5, 0.6) is 0 Å². The van der Waals surface area contributed by atoms with Gasteiger partial charge in [0.2, 0.25) is 0 Å². The molecule has 0 saturated carbocycles. The monoisotopic (exact) mass is 476 g/mol. The lowest BCUT2D eigenvalue weighted by molar-refractivity contribution is 0.101. The van der Waals surface area contributed by atoms with Gasteiger partial charge in [0.15, 0.2) is 5.78 Å². The zero-order chi connectivity index (χ0) is 22.1. The van der Waals surface area contributed by atoms with Crippen molar-refractivity contribution in [1.29, 1.82) is 0 Å². The molecule has 0 fully saturated rings. The first kappa shape index (κ1) is 20.4. The molecule has 0 radical (unpaired) electrons. The Labute approximate surface area is 195 Å². The number of fused-ring (bicyclic) bond motifs is 6. The fourth-order valence-electron chi connectivity index (χ4n) is 4.35. The third-order valence-corrected chi connectivity index (χ3v) is 6.52. The molecule has 0 aliphatic carbocycles. The summed E-state index contributed by atoms with van der Waals surface area (Å²) in [6.45, 7) is 1.62. The maximum absolute atomic E-state index is 11.7. The molecular weight excluding hydrogens is 456 g/mol. The lowest BCUT2D eigenvalue weighted by atomic mass is 9.96. The molecule has 0 atom stereocenters. The van der Waals surface area contributed by atoms with Crippen LogP contribution in [0, 0.1) is 0 Å². The molecular formula is C30H21BrO. The summed E-state index contributed by atoms with van der Waals surface area (Å²) in [5.74, 6) is 0.118. The minimum Gasteiger partial charge on any atom is -0.294 e. The molecule has 0 N–H and O–H groups in total.